The Hall–Kier alpha value is -1.08. The number of anilines is 1. The van der Waals surface area contributed by atoms with E-state index in [1.807, 2.05) is 0 Å². The van der Waals surface area contributed by atoms with Gasteiger partial charge in [-0.2, -0.15) is 0 Å². The van der Waals surface area contributed by atoms with Gasteiger partial charge in [-0.1, -0.05) is 13.0 Å². The molecule has 0 fully saturated rings. The Labute approximate surface area is 129 Å². The summed E-state index contributed by atoms with van der Waals surface area (Å²) in [5.74, 6) is 0.595. The molecule has 3 nitrogen and oxygen atoms in total. The number of fused-ring (bicyclic) bond motifs is 1. The van der Waals surface area contributed by atoms with Gasteiger partial charge in [-0.15, -0.1) is 11.3 Å². The predicted molar refractivity (Wildman–Crippen MR) is 89.6 cm³/mol. The molecule has 2 N–H and O–H groups in total. The minimum Gasteiger partial charge on any atom is -0.369 e. The second kappa shape index (κ2) is 5.13. The summed E-state index contributed by atoms with van der Waals surface area (Å²) in [6.07, 6.45) is 1.00. The Morgan fingerprint density at radius 2 is 2.26 bits per heavy atom. The predicted octanol–water partition coefficient (Wildman–Crippen LogP) is 4.28. The second-order valence-corrected chi connectivity index (χ2v) is 6.64. The van der Waals surface area contributed by atoms with Gasteiger partial charge in [-0.25, -0.2) is 4.98 Å². The third-order valence-electron chi connectivity index (χ3n) is 3.25. The number of benzene rings is 1. The first kappa shape index (κ1) is 12.9. The molecule has 0 radical (unpaired) electrons. The van der Waals surface area contributed by atoms with Gasteiger partial charge < -0.3 is 10.3 Å². The summed E-state index contributed by atoms with van der Waals surface area (Å²) in [5.41, 5.74) is 8.22. The van der Waals surface area contributed by atoms with Crippen molar-refractivity contribution in [2.24, 2.45) is 0 Å². The van der Waals surface area contributed by atoms with Crippen LogP contribution in [-0.2, 0) is 0 Å². The van der Waals surface area contributed by atoms with Crippen LogP contribution in [0.5, 0.6) is 0 Å². The molecule has 2 heterocycles. The van der Waals surface area contributed by atoms with E-state index in [1.54, 1.807) is 11.3 Å². The molecule has 19 heavy (non-hydrogen) atoms. The molecule has 3 rings (SSSR count). The molecule has 0 amide bonds. The van der Waals surface area contributed by atoms with E-state index in [0.29, 0.717) is 5.95 Å². The summed E-state index contributed by atoms with van der Waals surface area (Å²) >= 11 is 4.07. The standard InChI is InChI=1S/C14H14IN3S/c1-2-11(13-4-3-7-19-13)18-12-6-5-9(15)8-10(12)17-14(18)16/h3-8,11H,2H2,1H3,(H2,16,17). The summed E-state index contributed by atoms with van der Waals surface area (Å²) in [7, 11) is 0. The molecule has 2 aromatic heterocycles. The van der Waals surface area contributed by atoms with Crippen LogP contribution in [0.25, 0.3) is 11.0 Å². The van der Waals surface area contributed by atoms with Gasteiger partial charge in [0.15, 0.2) is 0 Å². The molecule has 0 aliphatic heterocycles. The Morgan fingerprint density at radius 1 is 1.42 bits per heavy atom. The lowest BCUT2D eigenvalue weighted by Gasteiger charge is -2.17. The van der Waals surface area contributed by atoms with Crippen molar-refractivity contribution in [3.63, 3.8) is 0 Å². The molecule has 0 saturated heterocycles. The average molecular weight is 383 g/mol. The minimum absolute atomic E-state index is 0.269. The molecule has 0 aliphatic rings. The van der Waals surface area contributed by atoms with Crippen LogP contribution in [0.2, 0.25) is 0 Å². The fraction of sp³-hybridized carbons (Fsp3) is 0.214. The normalized spacial score (nSPS) is 12.9. The van der Waals surface area contributed by atoms with Gasteiger partial charge in [0.1, 0.15) is 0 Å². The van der Waals surface area contributed by atoms with Crippen molar-refractivity contribution in [3.8, 4) is 0 Å². The Balaban J connectivity index is 2.21. The van der Waals surface area contributed by atoms with E-state index >= 15 is 0 Å². The zero-order valence-corrected chi connectivity index (χ0v) is 13.5. The van der Waals surface area contributed by atoms with E-state index in [1.165, 1.54) is 8.45 Å². The summed E-state index contributed by atoms with van der Waals surface area (Å²) in [5, 5.41) is 2.11. The summed E-state index contributed by atoms with van der Waals surface area (Å²) in [6, 6.07) is 10.8. The van der Waals surface area contributed by atoms with Crippen molar-refractivity contribution in [2.45, 2.75) is 19.4 Å². The van der Waals surface area contributed by atoms with E-state index in [9.17, 15) is 0 Å². The van der Waals surface area contributed by atoms with E-state index in [2.05, 4.69) is 74.8 Å². The molecule has 1 atom stereocenters. The Bertz CT molecular complexity index is 703. The van der Waals surface area contributed by atoms with Gasteiger partial charge in [0.05, 0.1) is 17.1 Å². The van der Waals surface area contributed by atoms with Gasteiger partial charge in [-0.05, 0) is 58.7 Å². The van der Waals surface area contributed by atoms with Crippen LogP contribution in [0.4, 0.5) is 5.95 Å². The topological polar surface area (TPSA) is 43.8 Å². The van der Waals surface area contributed by atoms with Crippen molar-refractivity contribution in [3.05, 3.63) is 44.2 Å². The highest BCUT2D eigenvalue weighted by molar-refractivity contribution is 14.1. The number of rotatable bonds is 3. The molecule has 3 aromatic rings. The van der Waals surface area contributed by atoms with Gasteiger partial charge in [0.2, 0.25) is 5.95 Å². The minimum atomic E-state index is 0.269. The molecular formula is C14H14IN3S. The first-order chi connectivity index (χ1) is 9.20. The van der Waals surface area contributed by atoms with Crippen LogP contribution in [0.1, 0.15) is 24.3 Å². The van der Waals surface area contributed by atoms with Crippen molar-refractivity contribution in [2.75, 3.05) is 5.73 Å². The maximum absolute atomic E-state index is 6.14. The second-order valence-electron chi connectivity index (χ2n) is 4.41. The molecule has 0 spiro atoms. The van der Waals surface area contributed by atoms with E-state index in [-0.39, 0.29) is 6.04 Å². The number of imidazole rings is 1. The molecule has 98 valence electrons. The average Bonchev–Trinajstić information content (AvgIpc) is 2.99. The van der Waals surface area contributed by atoms with Crippen LogP contribution in [0, 0.1) is 3.57 Å². The Kier molecular flexibility index (Phi) is 3.49. The lowest BCUT2D eigenvalue weighted by Crippen LogP contribution is -2.11. The maximum atomic E-state index is 6.14. The quantitative estimate of drug-likeness (QED) is 0.686. The van der Waals surface area contributed by atoms with E-state index in [0.717, 1.165) is 17.5 Å². The van der Waals surface area contributed by atoms with Crippen molar-refractivity contribution >= 4 is 50.9 Å². The van der Waals surface area contributed by atoms with E-state index < -0.39 is 0 Å². The third kappa shape index (κ3) is 2.25. The van der Waals surface area contributed by atoms with Crippen LogP contribution in [0.3, 0.4) is 0 Å². The van der Waals surface area contributed by atoms with Gasteiger partial charge in [0, 0.05) is 8.45 Å². The lowest BCUT2D eigenvalue weighted by molar-refractivity contribution is 0.599. The summed E-state index contributed by atoms with van der Waals surface area (Å²) < 4.78 is 3.33. The molecule has 1 aromatic carbocycles. The van der Waals surface area contributed by atoms with Crippen LogP contribution in [-0.4, -0.2) is 9.55 Å². The van der Waals surface area contributed by atoms with Gasteiger partial charge in [0.25, 0.3) is 0 Å². The number of nitrogens with two attached hydrogens (primary N) is 1. The largest absolute Gasteiger partial charge is 0.369 e. The highest BCUT2D eigenvalue weighted by atomic mass is 127. The highest BCUT2D eigenvalue weighted by Crippen LogP contribution is 2.32. The number of nitrogens with zero attached hydrogens (tertiary/aromatic N) is 2. The van der Waals surface area contributed by atoms with Gasteiger partial charge >= 0.3 is 0 Å². The fourth-order valence-corrected chi connectivity index (χ4v) is 3.79. The summed E-state index contributed by atoms with van der Waals surface area (Å²) in [4.78, 5) is 5.82. The molecule has 0 aliphatic carbocycles. The van der Waals surface area contributed by atoms with Gasteiger partial charge in [-0.3, -0.25) is 0 Å². The van der Waals surface area contributed by atoms with Crippen molar-refractivity contribution in [1.29, 1.82) is 0 Å². The molecule has 1 unspecified atom stereocenters. The zero-order valence-electron chi connectivity index (χ0n) is 10.5. The van der Waals surface area contributed by atoms with E-state index in [4.69, 9.17) is 5.73 Å². The molecule has 0 saturated carbocycles. The van der Waals surface area contributed by atoms with Crippen LogP contribution >= 0.6 is 33.9 Å². The van der Waals surface area contributed by atoms with Crippen LogP contribution in [0.15, 0.2) is 35.7 Å². The number of thiophene rings is 1. The number of hydrogen-bond donors (Lipinski definition) is 1. The number of nitrogen functional groups attached to an aromatic ring is 1. The Morgan fingerprint density at radius 3 is 2.95 bits per heavy atom. The number of halogens is 1. The number of aromatic nitrogens is 2. The third-order valence-corrected chi connectivity index (χ3v) is 4.89. The first-order valence-corrected chi connectivity index (χ1v) is 8.13. The molecule has 0 bridgehead atoms. The maximum Gasteiger partial charge on any atom is 0.201 e. The summed E-state index contributed by atoms with van der Waals surface area (Å²) in [6.45, 7) is 2.18. The smallest absolute Gasteiger partial charge is 0.201 e. The van der Waals surface area contributed by atoms with Crippen molar-refractivity contribution < 1.29 is 0 Å². The molecule has 5 heteroatoms. The SMILES string of the molecule is CCC(c1cccs1)n1c(N)nc2cc(I)ccc21. The number of hydrogen-bond acceptors (Lipinski definition) is 3. The lowest BCUT2D eigenvalue weighted by atomic mass is 10.1. The monoisotopic (exact) mass is 383 g/mol. The fourth-order valence-electron chi connectivity index (χ4n) is 2.41. The zero-order chi connectivity index (χ0) is 13.4. The highest BCUT2D eigenvalue weighted by Gasteiger charge is 2.18. The van der Waals surface area contributed by atoms with Crippen LogP contribution < -0.4 is 5.73 Å². The van der Waals surface area contributed by atoms with Crippen molar-refractivity contribution in [1.82, 2.24) is 9.55 Å². The first-order valence-electron chi connectivity index (χ1n) is 6.17. The molecular weight excluding hydrogens is 369 g/mol.